The number of carbonyl (C=O) groups excluding carboxylic acids is 1. The Morgan fingerprint density at radius 3 is 2.63 bits per heavy atom. The molecular weight excluding hydrogens is 376 g/mol. The fourth-order valence-corrected chi connectivity index (χ4v) is 4.91. The van der Waals surface area contributed by atoms with Gasteiger partial charge in [-0.05, 0) is 56.2 Å². The number of nitrogens with one attached hydrogen (secondary N) is 2. The first-order chi connectivity index (χ1) is 14.6. The molecule has 2 N–H and O–H groups in total. The van der Waals surface area contributed by atoms with E-state index in [1.807, 2.05) is 6.07 Å². The van der Waals surface area contributed by atoms with E-state index in [1.165, 1.54) is 31.2 Å². The molecule has 0 spiro atoms. The fourth-order valence-electron chi connectivity index (χ4n) is 4.91. The number of piperidine rings is 1. The predicted octanol–water partition coefficient (Wildman–Crippen LogP) is 3.32. The SMILES string of the molecule is CCNC(=NCC1(c2cccc(OC)c2)CCCC1)N1CCC(CC(=O)NC)CC1. The molecule has 1 aromatic carbocycles. The van der Waals surface area contributed by atoms with Gasteiger partial charge in [-0.1, -0.05) is 25.0 Å². The summed E-state index contributed by atoms with van der Waals surface area (Å²) in [4.78, 5) is 19.2. The van der Waals surface area contributed by atoms with Crippen molar-refractivity contribution in [3.8, 4) is 5.75 Å². The summed E-state index contributed by atoms with van der Waals surface area (Å²) >= 11 is 0. The van der Waals surface area contributed by atoms with Crippen molar-refractivity contribution in [3.05, 3.63) is 29.8 Å². The number of guanidine groups is 1. The molecular formula is C24H38N4O2. The number of hydrogen-bond acceptors (Lipinski definition) is 3. The Morgan fingerprint density at radius 2 is 2.00 bits per heavy atom. The molecule has 2 aliphatic rings. The highest BCUT2D eigenvalue weighted by atomic mass is 16.5. The molecule has 6 heteroatoms. The number of methoxy groups -OCH3 is 1. The lowest BCUT2D eigenvalue weighted by Gasteiger charge is -2.35. The van der Waals surface area contributed by atoms with Gasteiger partial charge in [0.1, 0.15) is 5.75 Å². The molecule has 0 bridgehead atoms. The number of rotatable bonds is 7. The van der Waals surface area contributed by atoms with Crippen molar-refractivity contribution in [2.45, 2.75) is 57.3 Å². The molecule has 1 heterocycles. The van der Waals surface area contributed by atoms with Gasteiger partial charge >= 0.3 is 0 Å². The van der Waals surface area contributed by atoms with Gasteiger partial charge in [0.2, 0.25) is 5.91 Å². The molecule has 1 amide bonds. The molecule has 0 unspecified atom stereocenters. The minimum atomic E-state index is 0.104. The van der Waals surface area contributed by atoms with Crippen LogP contribution in [-0.4, -0.2) is 57.1 Å². The smallest absolute Gasteiger partial charge is 0.220 e. The average molecular weight is 415 g/mol. The minimum absolute atomic E-state index is 0.104. The van der Waals surface area contributed by atoms with Crippen molar-refractivity contribution >= 4 is 11.9 Å². The summed E-state index contributed by atoms with van der Waals surface area (Å²) in [5.41, 5.74) is 1.45. The van der Waals surface area contributed by atoms with E-state index in [-0.39, 0.29) is 11.3 Å². The number of nitrogens with zero attached hydrogens (tertiary/aromatic N) is 2. The van der Waals surface area contributed by atoms with Crippen LogP contribution in [0.1, 0.15) is 57.4 Å². The molecule has 1 aliphatic heterocycles. The minimum Gasteiger partial charge on any atom is -0.497 e. The number of aliphatic imine (C=N–C) groups is 1. The van der Waals surface area contributed by atoms with Gasteiger partial charge in [0.05, 0.1) is 13.7 Å². The van der Waals surface area contributed by atoms with E-state index in [0.29, 0.717) is 12.3 Å². The van der Waals surface area contributed by atoms with Crippen LogP contribution in [0.2, 0.25) is 0 Å². The summed E-state index contributed by atoms with van der Waals surface area (Å²) in [5.74, 6) is 2.57. The number of amides is 1. The van der Waals surface area contributed by atoms with Crippen LogP contribution in [0.25, 0.3) is 0 Å². The summed E-state index contributed by atoms with van der Waals surface area (Å²) in [5, 5.41) is 6.25. The van der Waals surface area contributed by atoms with Gasteiger partial charge in [-0.2, -0.15) is 0 Å². The van der Waals surface area contributed by atoms with Crippen LogP contribution in [-0.2, 0) is 10.2 Å². The van der Waals surface area contributed by atoms with Crippen LogP contribution in [0.5, 0.6) is 5.75 Å². The zero-order valence-electron chi connectivity index (χ0n) is 18.9. The van der Waals surface area contributed by atoms with E-state index in [9.17, 15) is 4.79 Å². The maximum atomic E-state index is 11.7. The first-order valence-electron chi connectivity index (χ1n) is 11.5. The monoisotopic (exact) mass is 414 g/mol. The van der Waals surface area contributed by atoms with E-state index in [1.54, 1.807) is 14.2 Å². The Kier molecular flexibility index (Phi) is 8.00. The van der Waals surface area contributed by atoms with Crippen molar-refractivity contribution in [3.63, 3.8) is 0 Å². The van der Waals surface area contributed by atoms with Crippen LogP contribution >= 0.6 is 0 Å². The van der Waals surface area contributed by atoms with Gasteiger partial charge in [-0.15, -0.1) is 0 Å². The number of ether oxygens (including phenoxy) is 1. The van der Waals surface area contributed by atoms with Gasteiger partial charge in [-0.25, -0.2) is 0 Å². The standard InChI is InChI=1S/C24H38N4O2/c1-4-26-23(28-14-10-19(11-15-28)16-22(29)25-2)27-18-24(12-5-6-13-24)20-8-7-9-21(17-20)30-3/h7-9,17,19H,4-6,10-16,18H2,1-3H3,(H,25,29)(H,26,27). The van der Waals surface area contributed by atoms with Crippen molar-refractivity contribution in [2.75, 3.05) is 40.3 Å². The highest BCUT2D eigenvalue weighted by Crippen LogP contribution is 2.42. The second kappa shape index (κ2) is 10.7. The van der Waals surface area contributed by atoms with Crippen molar-refractivity contribution < 1.29 is 9.53 Å². The lowest BCUT2D eigenvalue weighted by Crippen LogP contribution is -2.46. The molecule has 1 aliphatic carbocycles. The molecule has 2 fully saturated rings. The van der Waals surface area contributed by atoms with Crippen LogP contribution in [0, 0.1) is 5.92 Å². The second-order valence-electron chi connectivity index (χ2n) is 8.70. The lowest BCUT2D eigenvalue weighted by molar-refractivity contribution is -0.121. The molecule has 0 atom stereocenters. The second-order valence-corrected chi connectivity index (χ2v) is 8.70. The molecule has 1 aromatic rings. The van der Waals surface area contributed by atoms with Crippen LogP contribution in [0.4, 0.5) is 0 Å². The Morgan fingerprint density at radius 1 is 1.27 bits per heavy atom. The first-order valence-corrected chi connectivity index (χ1v) is 11.5. The van der Waals surface area contributed by atoms with Gasteiger partial charge in [0.25, 0.3) is 0 Å². The van der Waals surface area contributed by atoms with E-state index < -0.39 is 0 Å². The Hall–Kier alpha value is -2.24. The molecule has 1 saturated heterocycles. The Labute approximate surface area is 181 Å². The van der Waals surface area contributed by atoms with Crippen LogP contribution in [0.15, 0.2) is 29.3 Å². The van der Waals surface area contributed by atoms with Gasteiger partial charge < -0.3 is 20.3 Å². The van der Waals surface area contributed by atoms with E-state index in [4.69, 9.17) is 9.73 Å². The number of benzene rings is 1. The normalized spacial score (nSPS) is 19.6. The first kappa shape index (κ1) is 22.4. The van der Waals surface area contributed by atoms with Crippen molar-refractivity contribution in [2.24, 2.45) is 10.9 Å². The average Bonchev–Trinajstić information content (AvgIpc) is 3.27. The lowest BCUT2D eigenvalue weighted by atomic mass is 9.79. The number of likely N-dealkylation sites (tertiary alicyclic amines) is 1. The maximum absolute atomic E-state index is 11.7. The fraction of sp³-hybridized carbons (Fsp3) is 0.667. The topological polar surface area (TPSA) is 66.0 Å². The summed E-state index contributed by atoms with van der Waals surface area (Å²) in [7, 11) is 3.45. The third kappa shape index (κ3) is 5.46. The molecule has 6 nitrogen and oxygen atoms in total. The van der Waals surface area contributed by atoms with Gasteiger partial charge in [-0.3, -0.25) is 9.79 Å². The Bertz CT molecular complexity index is 720. The van der Waals surface area contributed by atoms with Crippen LogP contribution in [0.3, 0.4) is 0 Å². The molecule has 3 rings (SSSR count). The quantitative estimate of drug-likeness (QED) is 0.531. The zero-order chi connectivity index (χ0) is 21.4. The molecule has 30 heavy (non-hydrogen) atoms. The Balaban J connectivity index is 1.70. The van der Waals surface area contributed by atoms with Crippen molar-refractivity contribution in [1.82, 2.24) is 15.5 Å². The van der Waals surface area contributed by atoms with E-state index >= 15 is 0 Å². The number of carbonyl (C=O) groups is 1. The molecule has 1 saturated carbocycles. The maximum Gasteiger partial charge on any atom is 0.220 e. The summed E-state index contributed by atoms with van der Waals surface area (Å²) in [6, 6.07) is 8.54. The van der Waals surface area contributed by atoms with E-state index in [2.05, 4.69) is 40.7 Å². The number of hydrogen-bond donors (Lipinski definition) is 2. The third-order valence-corrected chi connectivity index (χ3v) is 6.78. The highest BCUT2D eigenvalue weighted by Gasteiger charge is 2.36. The largest absolute Gasteiger partial charge is 0.497 e. The molecule has 0 radical (unpaired) electrons. The summed E-state index contributed by atoms with van der Waals surface area (Å²) in [6.45, 7) is 5.71. The highest BCUT2D eigenvalue weighted by molar-refractivity contribution is 5.80. The molecule has 0 aromatic heterocycles. The van der Waals surface area contributed by atoms with Crippen LogP contribution < -0.4 is 15.4 Å². The summed E-state index contributed by atoms with van der Waals surface area (Å²) < 4.78 is 5.48. The predicted molar refractivity (Wildman–Crippen MR) is 122 cm³/mol. The van der Waals surface area contributed by atoms with Crippen molar-refractivity contribution in [1.29, 1.82) is 0 Å². The van der Waals surface area contributed by atoms with Gasteiger partial charge in [0, 0.05) is 38.5 Å². The zero-order valence-corrected chi connectivity index (χ0v) is 18.9. The van der Waals surface area contributed by atoms with E-state index in [0.717, 1.165) is 50.7 Å². The molecule has 166 valence electrons. The summed E-state index contributed by atoms with van der Waals surface area (Å²) in [6.07, 6.45) is 7.59. The van der Waals surface area contributed by atoms with Gasteiger partial charge in [0.15, 0.2) is 5.96 Å². The third-order valence-electron chi connectivity index (χ3n) is 6.78.